The van der Waals surface area contributed by atoms with Gasteiger partial charge in [-0.1, -0.05) is 6.92 Å². The van der Waals surface area contributed by atoms with Crippen molar-refractivity contribution in [2.45, 2.75) is 38.6 Å². The molecule has 0 bridgehead atoms. The number of aliphatic hydroxyl groups excluding tert-OH is 1. The number of alkyl halides is 1. The summed E-state index contributed by atoms with van der Waals surface area (Å²) >= 11 is 0. The number of hydrogen-bond donors (Lipinski definition) is 5. The molecule has 0 spiro atoms. The molecule has 0 aliphatic heterocycles. The van der Waals surface area contributed by atoms with Gasteiger partial charge in [-0.3, -0.25) is 23.4 Å². The summed E-state index contributed by atoms with van der Waals surface area (Å²) < 4.78 is 66.2. The van der Waals surface area contributed by atoms with Crippen molar-refractivity contribution in [1.29, 1.82) is 0 Å². The number of halogens is 1. The molecule has 1 rings (SSSR count). The summed E-state index contributed by atoms with van der Waals surface area (Å²) in [6.07, 6.45) is -1.13. The highest BCUT2D eigenvalue weighted by molar-refractivity contribution is 7.66. The van der Waals surface area contributed by atoms with Crippen LogP contribution in [-0.4, -0.2) is 54.8 Å². The van der Waals surface area contributed by atoms with E-state index in [4.69, 9.17) is 4.89 Å². The lowest BCUT2D eigenvalue weighted by molar-refractivity contribution is -0.0256. The first-order valence-electron chi connectivity index (χ1n) is 8.66. The third kappa shape index (κ3) is 9.86. The predicted molar refractivity (Wildman–Crippen MR) is 105 cm³/mol. The van der Waals surface area contributed by atoms with Crippen LogP contribution in [0, 0.1) is 5.92 Å². The Kier molecular flexibility index (Phi) is 9.92. The fraction of sp³-hybridized carbons (Fsp3) is 0.692. The minimum atomic E-state index is -5.56. The van der Waals surface area contributed by atoms with Crippen LogP contribution in [0.4, 0.5) is 4.39 Å². The van der Waals surface area contributed by atoms with Crippen LogP contribution < -0.4 is 11.2 Å². The van der Waals surface area contributed by atoms with Gasteiger partial charge in [0.1, 0.15) is 11.8 Å². The molecule has 5 N–H and O–H groups in total. The molecule has 4 unspecified atom stereocenters. The number of nitrogens with one attached hydrogen (secondary N) is 1. The van der Waals surface area contributed by atoms with Crippen LogP contribution in [0.2, 0.25) is 0 Å². The number of aromatic amines is 1. The quantitative estimate of drug-likeness (QED) is 0.222. The lowest BCUT2D eigenvalue weighted by Gasteiger charge is -2.29. The molecule has 0 amide bonds. The normalized spacial score (nSPS) is 21.5. The highest BCUT2D eigenvalue weighted by atomic mass is 31.3. The first-order valence-corrected chi connectivity index (χ1v) is 13.1. The second kappa shape index (κ2) is 10.9. The monoisotopic (exact) mass is 528 g/mol. The van der Waals surface area contributed by atoms with Gasteiger partial charge in [-0.15, -0.1) is 0 Å². The van der Waals surface area contributed by atoms with Gasteiger partial charge in [-0.2, -0.15) is 8.62 Å². The first-order chi connectivity index (χ1) is 14.4. The molecule has 0 radical (unpaired) electrons. The van der Waals surface area contributed by atoms with Crippen molar-refractivity contribution in [3.8, 4) is 0 Å². The number of aromatic nitrogens is 2. The van der Waals surface area contributed by atoms with Gasteiger partial charge in [-0.05, 0) is 19.3 Å². The minimum Gasteiger partial charge on any atom is -0.388 e. The van der Waals surface area contributed by atoms with Crippen molar-refractivity contribution in [3.05, 3.63) is 33.1 Å². The number of rotatable bonds is 13. The molecule has 0 saturated carbocycles. The van der Waals surface area contributed by atoms with Crippen LogP contribution >= 0.6 is 23.5 Å². The Morgan fingerprint density at radius 3 is 2.25 bits per heavy atom. The zero-order valence-electron chi connectivity index (χ0n) is 17.1. The fourth-order valence-corrected chi connectivity index (χ4v) is 5.77. The van der Waals surface area contributed by atoms with E-state index in [0.717, 1.165) is 23.8 Å². The summed E-state index contributed by atoms with van der Waals surface area (Å²) in [5, 5.41) is 10.1. The van der Waals surface area contributed by atoms with Gasteiger partial charge in [0.25, 0.3) is 5.56 Å². The maximum absolute atomic E-state index is 14.9. The molecule has 15 nitrogen and oxygen atoms in total. The molecular formula is C13H24FN2O13P3. The second-order valence-electron chi connectivity index (χ2n) is 6.91. The van der Waals surface area contributed by atoms with E-state index in [1.54, 1.807) is 0 Å². The van der Waals surface area contributed by atoms with Crippen LogP contribution in [0.15, 0.2) is 21.9 Å². The largest absolute Gasteiger partial charge is 0.490 e. The average Bonchev–Trinajstić information content (AvgIpc) is 2.60. The van der Waals surface area contributed by atoms with E-state index in [1.165, 1.54) is 6.92 Å². The fourth-order valence-electron chi connectivity index (χ4n) is 2.39. The van der Waals surface area contributed by atoms with Gasteiger partial charge in [0.05, 0.1) is 13.2 Å². The average molecular weight is 528 g/mol. The summed E-state index contributed by atoms with van der Waals surface area (Å²) in [6, 6.07) is 1.00. The topological polar surface area (TPSA) is 224 Å². The summed E-state index contributed by atoms with van der Waals surface area (Å²) in [6.45, 7) is 1.13. The van der Waals surface area contributed by atoms with Gasteiger partial charge in [-0.25, -0.2) is 22.9 Å². The number of phosphoric ester groups is 2. The Morgan fingerprint density at radius 1 is 1.16 bits per heavy atom. The SMILES string of the molecule is COP(=O)(O)OP(=O)(O)OP(=O)(O)OC[C@@H](C)CC(C)(F)[C@@H](O)Cn1ccc(=O)[nH]c1=O. The maximum atomic E-state index is 14.9. The highest BCUT2D eigenvalue weighted by Gasteiger charge is 2.42. The van der Waals surface area contributed by atoms with E-state index >= 15 is 0 Å². The van der Waals surface area contributed by atoms with E-state index in [1.807, 2.05) is 4.98 Å². The van der Waals surface area contributed by atoms with Crippen LogP contribution in [0.5, 0.6) is 0 Å². The predicted octanol–water partition coefficient (Wildman–Crippen LogP) is 0.649. The Bertz CT molecular complexity index is 1040. The van der Waals surface area contributed by atoms with Crippen molar-refractivity contribution in [2.75, 3.05) is 13.7 Å². The van der Waals surface area contributed by atoms with Gasteiger partial charge < -0.3 is 19.8 Å². The summed E-state index contributed by atoms with van der Waals surface area (Å²) in [5.74, 6) is -0.877. The van der Waals surface area contributed by atoms with Crippen LogP contribution in [-0.2, 0) is 37.9 Å². The Labute approximate surface area is 180 Å². The zero-order valence-corrected chi connectivity index (χ0v) is 19.7. The molecule has 0 aliphatic carbocycles. The number of phosphoric acid groups is 3. The van der Waals surface area contributed by atoms with Gasteiger partial charge in [0.2, 0.25) is 0 Å². The van der Waals surface area contributed by atoms with Crippen LogP contribution in [0.3, 0.4) is 0 Å². The summed E-state index contributed by atoms with van der Waals surface area (Å²) in [5.41, 5.74) is -3.87. The molecular weight excluding hydrogens is 504 g/mol. The van der Waals surface area contributed by atoms with E-state index in [2.05, 4.69) is 17.7 Å². The Morgan fingerprint density at radius 2 is 1.72 bits per heavy atom. The molecule has 19 heteroatoms. The van der Waals surface area contributed by atoms with Crippen molar-refractivity contribution in [3.63, 3.8) is 0 Å². The smallest absolute Gasteiger partial charge is 0.388 e. The van der Waals surface area contributed by atoms with Gasteiger partial charge in [0, 0.05) is 19.4 Å². The van der Waals surface area contributed by atoms with E-state index in [9.17, 15) is 42.6 Å². The Hall–Kier alpha value is -1.02. The number of aliphatic hydroxyl groups is 1. The molecule has 0 aliphatic rings. The Balaban J connectivity index is 2.69. The highest BCUT2D eigenvalue weighted by Crippen LogP contribution is 2.67. The minimum absolute atomic E-state index is 0.463. The summed E-state index contributed by atoms with van der Waals surface area (Å²) in [7, 11) is -15.3. The van der Waals surface area contributed by atoms with Gasteiger partial charge in [0.15, 0.2) is 0 Å². The van der Waals surface area contributed by atoms with Crippen LogP contribution in [0.1, 0.15) is 20.3 Å². The molecule has 0 aromatic carbocycles. The van der Waals surface area contributed by atoms with Gasteiger partial charge >= 0.3 is 29.2 Å². The molecule has 32 heavy (non-hydrogen) atoms. The lowest BCUT2D eigenvalue weighted by atomic mass is 9.90. The van der Waals surface area contributed by atoms with Crippen molar-refractivity contribution in [2.24, 2.45) is 5.92 Å². The van der Waals surface area contributed by atoms with Crippen molar-refractivity contribution >= 4 is 23.5 Å². The summed E-state index contributed by atoms with van der Waals surface area (Å²) in [4.78, 5) is 52.4. The third-order valence-electron chi connectivity index (χ3n) is 3.87. The lowest BCUT2D eigenvalue weighted by Crippen LogP contribution is -2.42. The molecule has 0 saturated heterocycles. The first kappa shape index (κ1) is 29.0. The molecule has 1 heterocycles. The number of H-pyrrole nitrogens is 1. The molecule has 1 aromatic rings. The number of nitrogens with zero attached hydrogens (tertiary/aromatic N) is 1. The van der Waals surface area contributed by atoms with Crippen LogP contribution in [0.25, 0.3) is 0 Å². The van der Waals surface area contributed by atoms with E-state index in [-0.39, 0.29) is 0 Å². The number of hydrogen-bond acceptors (Lipinski definition) is 10. The molecule has 6 atom stereocenters. The van der Waals surface area contributed by atoms with E-state index in [0.29, 0.717) is 7.11 Å². The standard InChI is InChI=1S/C13H24FN2O13P3/c1-9(8-27-31(22,23)29-32(24,25)28-30(20,21)26-3)6-13(2,14)10(17)7-16-5-4-11(18)15-12(16)19/h4-5,9-10,17H,6-8H2,1-3H3,(H,20,21)(H,22,23)(H,24,25)(H,15,18,19)/t9-,10-,13?/m0/s1. The zero-order chi connectivity index (χ0) is 25.0. The maximum Gasteiger partial charge on any atom is 0.490 e. The molecule has 186 valence electrons. The molecule has 0 fully saturated rings. The van der Waals surface area contributed by atoms with E-state index < -0.39 is 72.0 Å². The molecule has 1 aromatic heterocycles. The second-order valence-corrected chi connectivity index (χ2v) is 11.7. The third-order valence-corrected chi connectivity index (χ3v) is 8.11. The van der Waals surface area contributed by atoms with Crippen molar-refractivity contribution < 1.29 is 55.5 Å². The van der Waals surface area contributed by atoms with Crippen molar-refractivity contribution in [1.82, 2.24) is 9.55 Å².